The van der Waals surface area contributed by atoms with Crippen LogP contribution in [0.15, 0.2) is 42.5 Å². The highest BCUT2D eigenvalue weighted by Crippen LogP contribution is 2.44. The largest absolute Gasteiger partial charge is 0.492 e. The molecule has 1 N–H and O–H groups in total. The third-order valence-corrected chi connectivity index (χ3v) is 6.74. The van der Waals surface area contributed by atoms with Gasteiger partial charge in [0, 0.05) is 32.2 Å². The molecule has 0 unspecified atom stereocenters. The number of rotatable bonds is 7. The summed E-state index contributed by atoms with van der Waals surface area (Å²) in [5, 5.41) is 10.3. The number of allylic oxidation sites excluding steroid dienone is 1. The number of carbonyl (C=O) groups is 1. The number of aliphatic carboxylic acids is 1. The van der Waals surface area contributed by atoms with E-state index < -0.39 is 5.97 Å². The molecule has 0 aliphatic heterocycles. The van der Waals surface area contributed by atoms with Gasteiger partial charge in [0.25, 0.3) is 0 Å². The van der Waals surface area contributed by atoms with E-state index in [1.807, 2.05) is 6.92 Å². The van der Waals surface area contributed by atoms with E-state index in [0.29, 0.717) is 12.5 Å². The van der Waals surface area contributed by atoms with Crippen LogP contribution >= 0.6 is 11.3 Å². The van der Waals surface area contributed by atoms with Crippen molar-refractivity contribution >= 4 is 33.0 Å². The standard InChI is InChI=1S/C28H34O3S/c1-8-19-13-22(27(31-16-17(2)3)23(14-19)28(5,6)7)20-10-9-11-24-21(20)15-25(32-24)18(4)12-26(29)30/h9-15,17H,8,16H2,1-7H3,(H,29,30). The molecule has 2 aromatic carbocycles. The Hall–Kier alpha value is -2.59. The van der Waals surface area contributed by atoms with Crippen molar-refractivity contribution in [2.75, 3.05) is 6.61 Å². The molecule has 170 valence electrons. The minimum atomic E-state index is -0.921. The fraction of sp³-hybridized carbons (Fsp3) is 0.393. The quantitative estimate of drug-likeness (QED) is 0.371. The van der Waals surface area contributed by atoms with Crippen LogP contribution in [-0.4, -0.2) is 17.7 Å². The highest BCUT2D eigenvalue weighted by Gasteiger charge is 2.24. The van der Waals surface area contributed by atoms with Gasteiger partial charge in [0.05, 0.1) is 6.61 Å². The lowest BCUT2D eigenvalue weighted by Gasteiger charge is -2.27. The van der Waals surface area contributed by atoms with Crippen molar-refractivity contribution in [3.63, 3.8) is 0 Å². The third-order valence-electron chi connectivity index (χ3n) is 5.51. The summed E-state index contributed by atoms with van der Waals surface area (Å²) in [5.41, 5.74) is 5.47. The molecule has 1 heterocycles. The Morgan fingerprint density at radius 3 is 2.47 bits per heavy atom. The van der Waals surface area contributed by atoms with Crippen LogP contribution in [0.2, 0.25) is 0 Å². The Bertz CT molecular complexity index is 1160. The van der Waals surface area contributed by atoms with E-state index >= 15 is 0 Å². The van der Waals surface area contributed by atoms with Crippen molar-refractivity contribution < 1.29 is 14.6 Å². The molecule has 0 aliphatic rings. The van der Waals surface area contributed by atoms with Gasteiger partial charge >= 0.3 is 5.97 Å². The van der Waals surface area contributed by atoms with Crippen molar-refractivity contribution in [2.24, 2.45) is 5.92 Å². The van der Waals surface area contributed by atoms with Crippen LogP contribution < -0.4 is 4.74 Å². The molecule has 0 saturated carbocycles. The summed E-state index contributed by atoms with van der Waals surface area (Å²) in [7, 11) is 0. The minimum Gasteiger partial charge on any atom is -0.492 e. The Morgan fingerprint density at radius 1 is 1.16 bits per heavy atom. The maximum absolute atomic E-state index is 11.2. The van der Waals surface area contributed by atoms with Crippen molar-refractivity contribution in [3.05, 3.63) is 58.5 Å². The van der Waals surface area contributed by atoms with Crippen LogP contribution in [0, 0.1) is 5.92 Å². The fourth-order valence-electron chi connectivity index (χ4n) is 3.80. The summed E-state index contributed by atoms with van der Waals surface area (Å²) in [6, 6.07) is 13.0. The summed E-state index contributed by atoms with van der Waals surface area (Å²) in [6.45, 7) is 15.7. The van der Waals surface area contributed by atoms with Gasteiger partial charge in [0.2, 0.25) is 0 Å². The predicted octanol–water partition coefficient (Wildman–Crippen LogP) is 7.95. The molecule has 4 heteroatoms. The summed E-state index contributed by atoms with van der Waals surface area (Å²) in [6.07, 6.45) is 2.23. The Morgan fingerprint density at radius 2 is 1.88 bits per heavy atom. The van der Waals surface area contributed by atoms with E-state index in [1.54, 1.807) is 11.3 Å². The number of carboxylic acids is 1. The number of thiophene rings is 1. The lowest BCUT2D eigenvalue weighted by molar-refractivity contribution is -0.131. The number of aryl methyl sites for hydroxylation is 1. The molecular formula is C28H34O3S. The number of hydrogen-bond donors (Lipinski definition) is 1. The second-order valence-electron chi connectivity index (χ2n) is 9.82. The average molecular weight is 451 g/mol. The lowest BCUT2D eigenvalue weighted by atomic mass is 9.82. The number of ether oxygens (including phenoxy) is 1. The molecule has 0 saturated heterocycles. The van der Waals surface area contributed by atoms with Crippen LogP contribution in [0.25, 0.3) is 26.8 Å². The number of hydrogen-bond acceptors (Lipinski definition) is 3. The molecule has 0 radical (unpaired) electrons. The van der Waals surface area contributed by atoms with Crippen molar-refractivity contribution in [1.29, 1.82) is 0 Å². The first kappa shape index (κ1) is 24.1. The highest BCUT2D eigenvalue weighted by molar-refractivity contribution is 7.20. The van der Waals surface area contributed by atoms with Gasteiger partial charge in [-0.3, -0.25) is 0 Å². The smallest absolute Gasteiger partial charge is 0.328 e. The van der Waals surface area contributed by atoms with Crippen LogP contribution in [0.4, 0.5) is 0 Å². The predicted molar refractivity (Wildman–Crippen MR) is 137 cm³/mol. The van der Waals surface area contributed by atoms with E-state index in [0.717, 1.165) is 43.8 Å². The number of benzene rings is 2. The van der Waals surface area contributed by atoms with E-state index in [1.165, 1.54) is 17.2 Å². The second kappa shape index (κ2) is 9.50. The molecule has 32 heavy (non-hydrogen) atoms. The first-order chi connectivity index (χ1) is 15.0. The monoisotopic (exact) mass is 450 g/mol. The lowest BCUT2D eigenvalue weighted by Crippen LogP contribution is -2.16. The summed E-state index contributed by atoms with van der Waals surface area (Å²) >= 11 is 1.63. The zero-order valence-corrected chi connectivity index (χ0v) is 21.0. The van der Waals surface area contributed by atoms with Crippen molar-refractivity contribution in [1.82, 2.24) is 0 Å². The normalized spacial score (nSPS) is 12.6. The van der Waals surface area contributed by atoms with Crippen LogP contribution in [0.5, 0.6) is 5.75 Å². The highest BCUT2D eigenvalue weighted by atomic mass is 32.1. The average Bonchev–Trinajstić information content (AvgIpc) is 3.15. The SMILES string of the molecule is CCc1cc(-c2cccc3sc(C(C)=CC(=O)O)cc23)c(OCC(C)C)c(C(C)(C)C)c1. The van der Waals surface area contributed by atoms with Gasteiger partial charge in [-0.2, -0.15) is 0 Å². The van der Waals surface area contributed by atoms with E-state index in [4.69, 9.17) is 9.84 Å². The van der Waals surface area contributed by atoms with Gasteiger partial charge in [0.15, 0.2) is 0 Å². The van der Waals surface area contributed by atoms with Gasteiger partial charge in [-0.05, 0) is 59.6 Å². The van der Waals surface area contributed by atoms with Gasteiger partial charge in [-0.25, -0.2) is 4.79 Å². The molecule has 3 nitrogen and oxygen atoms in total. The van der Waals surface area contributed by atoms with E-state index in [-0.39, 0.29) is 5.41 Å². The molecule has 3 aromatic rings. The molecule has 0 spiro atoms. The van der Waals surface area contributed by atoms with E-state index in [9.17, 15) is 4.79 Å². The molecule has 0 fully saturated rings. The molecule has 0 aliphatic carbocycles. The van der Waals surface area contributed by atoms with Crippen LogP contribution in [0.1, 0.15) is 64.5 Å². The summed E-state index contributed by atoms with van der Waals surface area (Å²) < 4.78 is 7.62. The van der Waals surface area contributed by atoms with Gasteiger partial charge in [-0.15, -0.1) is 11.3 Å². The second-order valence-corrected chi connectivity index (χ2v) is 10.9. The molecule has 0 amide bonds. The van der Waals surface area contributed by atoms with Gasteiger partial charge in [0.1, 0.15) is 5.75 Å². The van der Waals surface area contributed by atoms with Gasteiger partial charge in [-0.1, -0.05) is 59.7 Å². The zero-order valence-electron chi connectivity index (χ0n) is 20.2. The third kappa shape index (κ3) is 5.24. The first-order valence-electron chi connectivity index (χ1n) is 11.3. The summed E-state index contributed by atoms with van der Waals surface area (Å²) in [4.78, 5) is 12.1. The maximum atomic E-state index is 11.2. The number of fused-ring (bicyclic) bond motifs is 1. The molecule has 1 aromatic heterocycles. The maximum Gasteiger partial charge on any atom is 0.328 e. The van der Waals surface area contributed by atoms with E-state index in [2.05, 4.69) is 77.9 Å². The molecule has 0 bridgehead atoms. The van der Waals surface area contributed by atoms with Crippen LogP contribution in [0.3, 0.4) is 0 Å². The molecule has 3 rings (SSSR count). The van der Waals surface area contributed by atoms with Crippen molar-refractivity contribution in [3.8, 4) is 16.9 Å². The van der Waals surface area contributed by atoms with Crippen LogP contribution in [-0.2, 0) is 16.6 Å². The Labute approximate surface area is 195 Å². The minimum absolute atomic E-state index is 0.0548. The van der Waals surface area contributed by atoms with Gasteiger partial charge < -0.3 is 9.84 Å². The zero-order chi connectivity index (χ0) is 23.6. The Balaban J connectivity index is 2.30. The van der Waals surface area contributed by atoms with Crippen molar-refractivity contribution in [2.45, 2.75) is 60.3 Å². The topological polar surface area (TPSA) is 46.5 Å². The first-order valence-corrected chi connectivity index (χ1v) is 12.1. The fourth-order valence-corrected chi connectivity index (χ4v) is 4.86. The Kier molecular flexibility index (Phi) is 7.14. The number of carboxylic acid groups (broad SMARTS) is 1. The molecule has 0 atom stereocenters. The molecular weight excluding hydrogens is 416 g/mol. The summed E-state index contributed by atoms with van der Waals surface area (Å²) in [5.74, 6) is 0.463.